The Bertz CT molecular complexity index is 448. The van der Waals surface area contributed by atoms with E-state index in [4.69, 9.17) is 0 Å². The molecule has 0 saturated heterocycles. The van der Waals surface area contributed by atoms with Crippen molar-refractivity contribution in [2.75, 3.05) is 0 Å². The maximum atomic E-state index is 13.4. The largest absolute Gasteiger partial charge is 0.309 e. The number of nitrogens with one attached hydrogen (secondary N) is 1. The molecule has 2 aromatic carbocycles. The number of rotatable bonds is 4. The third-order valence-corrected chi connectivity index (χ3v) is 2.85. The Hall–Kier alpha value is -1.67. The third-order valence-electron chi connectivity index (χ3n) is 2.85. The lowest BCUT2D eigenvalue weighted by Crippen LogP contribution is -2.14. The van der Waals surface area contributed by atoms with Crippen LogP contribution >= 0.6 is 0 Å². The maximum absolute atomic E-state index is 13.4. The summed E-state index contributed by atoms with van der Waals surface area (Å²) in [5, 5.41) is 3.26. The number of benzene rings is 2. The molecular formula is C15H16FN. The summed E-state index contributed by atoms with van der Waals surface area (Å²) in [4.78, 5) is 0. The Morgan fingerprint density at radius 3 is 2.18 bits per heavy atom. The normalized spacial score (nSPS) is 10.5. The van der Waals surface area contributed by atoms with Gasteiger partial charge in [0, 0.05) is 18.7 Å². The molecule has 0 heterocycles. The average molecular weight is 229 g/mol. The van der Waals surface area contributed by atoms with Gasteiger partial charge in [-0.2, -0.15) is 0 Å². The fourth-order valence-electron chi connectivity index (χ4n) is 1.78. The molecule has 0 spiro atoms. The number of aryl methyl sites for hydroxylation is 1. The van der Waals surface area contributed by atoms with Gasteiger partial charge in [-0.25, -0.2) is 4.39 Å². The van der Waals surface area contributed by atoms with Crippen LogP contribution in [-0.4, -0.2) is 0 Å². The Kier molecular flexibility index (Phi) is 3.89. The highest BCUT2D eigenvalue weighted by molar-refractivity contribution is 5.25. The second-order valence-electron chi connectivity index (χ2n) is 4.12. The predicted octanol–water partition coefficient (Wildman–Crippen LogP) is 3.42. The van der Waals surface area contributed by atoms with E-state index in [0.29, 0.717) is 12.1 Å². The first kappa shape index (κ1) is 11.8. The van der Waals surface area contributed by atoms with Crippen LogP contribution in [0.3, 0.4) is 0 Å². The van der Waals surface area contributed by atoms with Gasteiger partial charge in [-0.15, -0.1) is 0 Å². The van der Waals surface area contributed by atoms with Crippen molar-refractivity contribution < 1.29 is 4.39 Å². The number of hydrogen-bond acceptors (Lipinski definition) is 1. The fraction of sp³-hybridized carbons (Fsp3) is 0.200. The van der Waals surface area contributed by atoms with E-state index in [0.717, 1.165) is 6.54 Å². The molecule has 0 atom stereocenters. The van der Waals surface area contributed by atoms with Gasteiger partial charge in [0.2, 0.25) is 0 Å². The van der Waals surface area contributed by atoms with E-state index >= 15 is 0 Å². The molecule has 0 fully saturated rings. The van der Waals surface area contributed by atoms with Crippen LogP contribution in [-0.2, 0) is 13.1 Å². The van der Waals surface area contributed by atoms with Crippen LogP contribution in [0.25, 0.3) is 0 Å². The molecular weight excluding hydrogens is 213 g/mol. The van der Waals surface area contributed by atoms with E-state index in [2.05, 4.69) is 24.4 Å². The Morgan fingerprint density at radius 1 is 0.882 bits per heavy atom. The molecule has 0 aromatic heterocycles. The van der Waals surface area contributed by atoms with Crippen molar-refractivity contribution in [1.29, 1.82) is 0 Å². The minimum Gasteiger partial charge on any atom is -0.309 e. The molecule has 0 amide bonds. The van der Waals surface area contributed by atoms with E-state index < -0.39 is 0 Å². The first-order valence-electron chi connectivity index (χ1n) is 5.76. The van der Waals surface area contributed by atoms with Gasteiger partial charge in [-0.05, 0) is 24.1 Å². The summed E-state index contributed by atoms with van der Waals surface area (Å²) in [6.45, 7) is 3.40. The second-order valence-corrected chi connectivity index (χ2v) is 4.12. The summed E-state index contributed by atoms with van der Waals surface area (Å²) in [7, 11) is 0. The smallest absolute Gasteiger partial charge is 0.127 e. The molecule has 0 radical (unpaired) electrons. The van der Waals surface area contributed by atoms with Crippen LogP contribution < -0.4 is 5.32 Å². The number of hydrogen-bond donors (Lipinski definition) is 1. The molecule has 88 valence electrons. The third kappa shape index (κ3) is 3.14. The highest BCUT2D eigenvalue weighted by Gasteiger charge is 2.00. The summed E-state index contributed by atoms with van der Waals surface area (Å²) >= 11 is 0. The molecule has 0 unspecified atom stereocenters. The lowest BCUT2D eigenvalue weighted by Gasteiger charge is -2.08. The topological polar surface area (TPSA) is 12.0 Å². The zero-order valence-corrected chi connectivity index (χ0v) is 9.91. The molecule has 0 aliphatic rings. The number of halogens is 1. The zero-order chi connectivity index (χ0) is 12.1. The average Bonchev–Trinajstić information content (AvgIpc) is 2.34. The van der Waals surface area contributed by atoms with Crippen LogP contribution in [0.2, 0.25) is 0 Å². The van der Waals surface area contributed by atoms with E-state index in [1.807, 2.05) is 18.2 Å². The van der Waals surface area contributed by atoms with Crippen LogP contribution in [0.5, 0.6) is 0 Å². The molecule has 1 N–H and O–H groups in total. The van der Waals surface area contributed by atoms with Crippen molar-refractivity contribution in [1.82, 2.24) is 5.32 Å². The molecule has 0 bridgehead atoms. The maximum Gasteiger partial charge on any atom is 0.127 e. The van der Waals surface area contributed by atoms with Crippen molar-refractivity contribution in [2.45, 2.75) is 20.0 Å². The van der Waals surface area contributed by atoms with Gasteiger partial charge in [0.1, 0.15) is 5.82 Å². The molecule has 2 rings (SSSR count). The monoisotopic (exact) mass is 229 g/mol. The molecule has 0 aliphatic carbocycles. The van der Waals surface area contributed by atoms with Gasteiger partial charge < -0.3 is 5.32 Å². The molecule has 0 saturated carbocycles. The molecule has 2 heteroatoms. The van der Waals surface area contributed by atoms with Gasteiger partial charge >= 0.3 is 0 Å². The minimum absolute atomic E-state index is 0.148. The van der Waals surface area contributed by atoms with Crippen LogP contribution in [0, 0.1) is 12.7 Å². The van der Waals surface area contributed by atoms with Gasteiger partial charge in [-0.3, -0.25) is 0 Å². The SMILES string of the molecule is Cc1ccccc1CNCc1ccccc1F. The predicted molar refractivity (Wildman–Crippen MR) is 68.1 cm³/mol. The highest BCUT2D eigenvalue weighted by atomic mass is 19.1. The van der Waals surface area contributed by atoms with Crippen LogP contribution in [0.4, 0.5) is 4.39 Å². The van der Waals surface area contributed by atoms with E-state index in [9.17, 15) is 4.39 Å². The highest BCUT2D eigenvalue weighted by Crippen LogP contribution is 2.08. The van der Waals surface area contributed by atoms with E-state index in [1.165, 1.54) is 17.2 Å². The van der Waals surface area contributed by atoms with Gasteiger partial charge in [0.25, 0.3) is 0 Å². The van der Waals surface area contributed by atoms with Crippen LogP contribution in [0.1, 0.15) is 16.7 Å². The summed E-state index contributed by atoms with van der Waals surface area (Å²) in [5.41, 5.74) is 3.22. The van der Waals surface area contributed by atoms with E-state index in [-0.39, 0.29) is 5.82 Å². The summed E-state index contributed by atoms with van der Waals surface area (Å²) in [5.74, 6) is -0.148. The van der Waals surface area contributed by atoms with Crippen molar-refractivity contribution in [2.24, 2.45) is 0 Å². The first-order chi connectivity index (χ1) is 8.27. The van der Waals surface area contributed by atoms with Crippen molar-refractivity contribution in [3.63, 3.8) is 0 Å². The summed E-state index contributed by atoms with van der Waals surface area (Å²) < 4.78 is 13.4. The Labute approximate surface area is 101 Å². The first-order valence-corrected chi connectivity index (χ1v) is 5.76. The Morgan fingerprint density at radius 2 is 1.47 bits per heavy atom. The lowest BCUT2D eigenvalue weighted by molar-refractivity contribution is 0.587. The van der Waals surface area contributed by atoms with Crippen LogP contribution in [0.15, 0.2) is 48.5 Å². The van der Waals surface area contributed by atoms with Crippen molar-refractivity contribution >= 4 is 0 Å². The van der Waals surface area contributed by atoms with Gasteiger partial charge in [0.05, 0.1) is 0 Å². The van der Waals surface area contributed by atoms with E-state index in [1.54, 1.807) is 12.1 Å². The Balaban J connectivity index is 1.93. The quantitative estimate of drug-likeness (QED) is 0.847. The summed E-state index contributed by atoms with van der Waals surface area (Å²) in [6, 6.07) is 15.1. The lowest BCUT2D eigenvalue weighted by atomic mass is 10.1. The zero-order valence-electron chi connectivity index (χ0n) is 9.91. The molecule has 0 aliphatic heterocycles. The fourth-order valence-corrected chi connectivity index (χ4v) is 1.78. The van der Waals surface area contributed by atoms with Gasteiger partial charge in [-0.1, -0.05) is 42.5 Å². The van der Waals surface area contributed by atoms with Crippen molar-refractivity contribution in [3.05, 3.63) is 71.0 Å². The molecule has 2 aromatic rings. The molecule has 17 heavy (non-hydrogen) atoms. The van der Waals surface area contributed by atoms with Gasteiger partial charge in [0.15, 0.2) is 0 Å². The van der Waals surface area contributed by atoms with Crippen molar-refractivity contribution in [3.8, 4) is 0 Å². The standard InChI is InChI=1S/C15H16FN/c1-12-6-2-3-7-13(12)10-17-11-14-8-4-5-9-15(14)16/h2-9,17H,10-11H2,1H3. The molecule has 1 nitrogen and oxygen atoms in total. The summed E-state index contributed by atoms with van der Waals surface area (Å²) in [6.07, 6.45) is 0. The second kappa shape index (κ2) is 5.60. The minimum atomic E-state index is -0.148.